The SMILES string of the molecule is C#Cc1ccc(C(=O)N2CCN(C)CC2)cc1OC.COc1cc(C(=O)N2CCN(C)CC2)ccc1C#C[Si](C)(C)C.COc1cc(C(=O)N2CCN(C)CC2)ccc1O.COc1cc(C(=O)N2CCN(C)CC2)ccc1OS(=O)(=O)C(F)(F)F.COc1cc(C(=O)O)ccc1O. The van der Waals surface area contributed by atoms with Crippen molar-refractivity contribution in [3.8, 4) is 69.8 Å². The van der Waals surface area contributed by atoms with Crippen molar-refractivity contribution in [2.45, 2.75) is 25.1 Å². The minimum atomic E-state index is -5.82. The molecule has 97 heavy (non-hydrogen) atoms. The Morgan fingerprint density at radius 1 is 0.443 bits per heavy atom. The summed E-state index contributed by atoms with van der Waals surface area (Å²) < 4.78 is 88.8. The molecule has 0 unspecified atom stereocenters. The van der Waals surface area contributed by atoms with Crippen molar-refractivity contribution in [2.24, 2.45) is 0 Å². The first-order chi connectivity index (χ1) is 45.8. The normalized spacial score (nSPS) is 15.4. The highest BCUT2D eigenvalue weighted by molar-refractivity contribution is 7.88. The molecule has 29 heteroatoms. The van der Waals surface area contributed by atoms with Gasteiger partial charge in [0.25, 0.3) is 23.6 Å². The van der Waals surface area contributed by atoms with E-state index in [-0.39, 0.29) is 57.8 Å². The van der Waals surface area contributed by atoms with Crippen LogP contribution in [0.3, 0.4) is 0 Å². The Bertz CT molecular complexity index is 3750. The summed E-state index contributed by atoms with van der Waals surface area (Å²) in [7, 11) is 8.00. The summed E-state index contributed by atoms with van der Waals surface area (Å²) in [5.74, 6) is 5.27. The first-order valence-electron chi connectivity index (χ1n) is 30.7. The molecule has 4 aliphatic heterocycles. The molecule has 0 radical (unpaired) electrons. The van der Waals surface area contributed by atoms with Gasteiger partial charge >= 0.3 is 21.6 Å². The monoisotopic (exact) mass is 1390 g/mol. The second-order valence-corrected chi connectivity index (χ2v) is 30.1. The zero-order chi connectivity index (χ0) is 72.0. The highest BCUT2D eigenvalue weighted by Gasteiger charge is 2.49. The number of alkyl halides is 3. The molecule has 5 aromatic carbocycles. The van der Waals surface area contributed by atoms with Crippen LogP contribution in [0.2, 0.25) is 19.6 Å². The first-order valence-corrected chi connectivity index (χ1v) is 35.6. The number of piperazine rings is 4. The zero-order valence-corrected chi connectivity index (χ0v) is 58.6. The fourth-order valence-corrected chi connectivity index (χ4v) is 10.5. The molecule has 0 atom stereocenters. The van der Waals surface area contributed by atoms with Crippen molar-refractivity contribution in [1.82, 2.24) is 39.2 Å². The zero-order valence-electron chi connectivity index (χ0n) is 56.8. The number of nitrogens with zero attached hydrogens (tertiary/aromatic N) is 8. The average Bonchev–Trinajstić information content (AvgIpc) is 0.967. The number of likely N-dealkylation sites (N-methyl/N-ethyl adjacent to an activating group) is 4. The van der Waals surface area contributed by atoms with Crippen LogP contribution in [0.5, 0.6) is 46.0 Å². The van der Waals surface area contributed by atoms with Gasteiger partial charge in [0.2, 0.25) is 0 Å². The third kappa shape index (κ3) is 23.2. The number of carbonyl (C=O) groups excluding carboxylic acids is 4. The molecule has 5 aromatic rings. The van der Waals surface area contributed by atoms with Gasteiger partial charge in [-0.3, -0.25) is 19.2 Å². The maximum Gasteiger partial charge on any atom is 0.534 e. The summed E-state index contributed by atoms with van der Waals surface area (Å²) in [6.07, 6.45) is 5.38. The number of amides is 4. The Morgan fingerprint density at radius 3 is 1.05 bits per heavy atom. The van der Waals surface area contributed by atoms with Crippen LogP contribution in [0, 0.1) is 23.8 Å². The fraction of sp³-hybridized carbons (Fsp3) is 0.426. The van der Waals surface area contributed by atoms with E-state index in [1.54, 1.807) is 49.5 Å². The maximum absolute atomic E-state index is 12.6. The molecule has 4 saturated heterocycles. The van der Waals surface area contributed by atoms with Crippen LogP contribution in [0.25, 0.3) is 0 Å². The molecule has 9 rings (SSSR count). The number of aromatic hydroxyl groups is 2. The van der Waals surface area contributed by atoms with Crippen molar-refractivity contribution in [2.75, 3.05) is 168 Å². The summed E-state index contributed by atoms with van der Waals surface area (Å²) in [4.78, 5) is 76.0. The number of hydrogen-bond donors (Lipinski definition) is 3. The van der Waals surface area contributed by atoms with Gasteiger partial charge in [-0.25, -0.2) is 4.79 Å². The van der Waals surface area contributed by atoms with E-state index in [1.165, 1.54) is 44.6 Å². The number of ether oxygens (including phenoxy) is 5. The molecule has 24 nitrogen and oxygen atoms in total. The number of carboxylic acids is 1. The van der Waals surface area contributed by atoms with Gasteiger partial charge in [-0.15, -0.1) is 12.0 Å². The highest BCUT2D eigenvalue weighted by atomic mass is 32.2. The average molecular weight is 1390 g/mol. The number of phenols is 2. The number of terminal acetylenes is 1. The number of rotatable bonds is 12. The number of methoxy groups -OCH3 is 5. The molecule has 4 aliphatic rings. The Morgan fingerprint density at radius 2 is 0.732 bits per heavy atom. The number of phenolic OH excluding ortho intramolecular Hbond substituents is 2. The minimum absolute atomic E-state index is 0.0126. The first kappa shape index (κ1) is 78.5. The lowest BCUT2D eigenvalue weighted by Gasteiger charge is -2.32. The number of halogens is 3. The molecule has 0 spiro atoms. The molecule has 526 valence electrons. The minimum Gasteiger partial charge on any atom is -0.504 e. The van der Waals surface area contributed by atoms with E-state index in [9.17, 15) is 50.7 Å². The van der Waals surface area contributed by atoms with Gasteiger partial charge in [-0.1, -0.05) is 31.5 Å². The predicted octanol–water partition coefficient (Wildman–Crippen LogP) is 6.57. The number of aromatic carboxylic acids is 1. The fourth-order valence-electron chi connectivity index (χ4n) is 9.55. The van der Waals surface area contributed by atoms with Crippen molar-refractivity contribution < 1.29 is 88.7 Å². The summed E-state index contributed by atoms with van der Waals surface area (Å²) >= 11 is 0. The largest absolute Gasteiger partial charge is 0.534 e. The van der Waals surface area contributed by atoms with Crippen LogP contribution >= 0.6 is 0 Å². The summed E-state index contributed by atoms with van der Waals surface area (Å²) in [6, 6.07) is 22.7. The van der Waals surface area contributed by atoms with Gasteiger partial charge in [0.05, 0.1) is 52.2 Å². The standard InChI is InChI=1S/C18H26N2O2Si.C15H18N2O2.C14H17F3N2O5S.C13H18N2O3.C8H8O4/c1-19-9-11-20(12-10-19)18(21)16-7-6-15(17(14-16)22-2)8-13-23(3,4)5;1-4-12-5-6-13(11-14(12)19-3)15(18)17-9-7-16(2)8-10-17;1-18-5-7-19(8-6-18)13(20)10-3-4-11(12(9-10)23-2)24-25(21,22)14(15,16)17;1-14-5-7-15(8-6-14)13(17)10-3-4-11(16)12(9-10)18-2;1-12-7-4-5(8(10)11)2-3-6(7)9/h6-7,14H,9-12H2,1-5H3;1,5-6,11H,7-10H2,2-3H3;3-4,9H,5-8H2,1-2H3;3-4,9,16H,5-8H2,1-2H3;2-4,9H,1H3,(H,10,11). The van der Waals surface area contributed by atoms with Crippen molar-refractivity contribution in [3.05, 3.63) is 130 Å². The lowest BCUT2D eigenvalue weighted by atomic mass is 10.1. The Labute approximate surface area is 566 Å². The number of carboxylic acid groups (broad SMARTS) is 1. The van der Waals surface area contributed by atoms with Gasteiger partial charge in [0.15, 0.2) is 34.5 Å². The van der Waals surface area contributed by atoms with Crippen LogP contribution in [0.4, 0.5) is 13.2 Å². The molecule has 0 bridgehead atoms. The summed E-state index contributed by atoms with van der Waals surface area (Å²) in [5.41, 5.74) is 1.39. The van der Waals surface area contributed by atoms with Gasteiger partial charge in [0, 0.05) is 127 Å². The third-order valence-electron chi connectivity index (χ3n) is 15.5. The second kappa shape index (κ2) is 36.2. The molecule has 4 fully saturated rings. The van der Waals surface area contributed by atoms with E-state index in [4.69, 9.17) is 40.3 Å². The second-order valence-electron chi connectivity index (χ2n) is 23.8. The summed E-state index contributed by atoms with van der Waals surface area (Å²) in [6.45, 7) is 19.0. The lowest BCUT2D eigenvalue weighted by Crippen LogP contribution is -2.47. The molecule has 0 aromatic heterocycles. The van der Waals surface area contributed by atoms with Crippen molar-refractivity contribution >= 4 is 47.8 Å². The van der Waals surface area contributed by atoms with E-state index < -0.39 is 35.4 Å². The quantitative estimate of drug-likeness (QED) is 0.0516. The van der Waals surface area contributed by atoms with E-state index in [0.29, 0.717) is 65.7 Å². The van der Waals surface area contributed by atoms with Crippen LogP contribution in [-0.2, 0) is 10.1 Å². The lowest BCUT2D eigenvalue weighted by molar-refractivity contribution is -0.0500. The topological polar surface area (TPSA) is 261 Å². The number of hydrogen-bond acceptors (Lipinski definition) is 19. The number of carbonyl (C=O) groups is 5. The van der Waals surface area contributed by atoms with E-state index >= 15 is 0 Å². The summed E-state index contributed by atoms with van der Waals surface area (Å²) in [5, 5.41) is 27.2. The molecule has 4 amide bonds. The molecule has 0 aliphatic carbocycles. The third-order valence-corrected chi connectivity index (χ3v) is 17.4. The number of benzene rings is 5. The van der Waals surface area contributed by atoms with E-state index in [2.05, 4.69) is 74.9 Å². The van der Waals surface area contributed by atoms with Crippen LogP contribution < -0.4 is 27.9 Å². The Kier molecular flexibility index (Phi) is 29.3. The Hall–Kier alpha value is -9.23. The predicted molar refractivity (Wildman–Crippen MR) is 363 cm³/mol. The molecular formula is C68H87F3N8O16SSi. The van der Waals surface area contributed by atoms with Gasteiger partial charge < -0.3 is 82.4 Å². The molecular weight excluding hydrogens is 1300 g/mol. The van der Waals surface area contributed by atoms with Gasteiger partial charge in [0.1, 0.15) is 19.6 Å². The van der Waals surface area contributed by atoms with Gasteiger partial charge in [-0.2, -0.15) is 21.6 Å². The van der Waals surface area contributed by atoms with Crippen LogP contribution in [0.15, 0.2) is 91.0 Å². The van der Waals surface area contributed by atoms with E-state index in [0.717, 1.165) is 103 Å². The van der Waals surface area contributed by atoms with Crippen molar-refractivity contribution in [3.63, 3.8) is 0 Å². The van der Waals surface area contributed by atoms with Crippen molar-refractivity contribution in [1.29, 1.82) is 0 Å². The van der Waals surface area contributed by atoms with Crippen LogP contribution in [0.1, 0.15) is 62.9 Å². The molecule has 0 saturated carbocycles. The highest BCUT2D eigenvalue weighted by Crippen LogP contribution is 2.35. The van der Waals surface area contributed by atoms with E-state index in [1.807, 2.05) is 47.0 Å². The molecule has 3 N–H and O–H groups in total. The molecule has 4 heterocycles. The Balaban J connectivity index is 0.000000223. The van der Waals surface area contributed by atoms with Crippen LogP contribution in [-0.4, -0.2) is 275 Å². The maximum atomic E-state index is 12.6. The smallest absolute Gasteiger partial charge is 0.504 e. The van der Waals surface area contributed by atoms with Gasteiger partial charge in [-0.05, 0) is 119 Å².